The van der Waals surface area contributed by atoms with E-state index in [1.165, 1.54) is 6.07 Å². The van der Waals surface area contributed by atoms with Crippen molar-refractivity contribution in [1.29, 1.82) is 0 Å². The molecule has 0 radical (unpaired) electrons. The Labute approximate surface area is 124 Å². The highest BCUT2D eigenvalue weighted by atomic mass is 79.9. The summed E-state index contributed by atoms with van der Waals surface area (Å²) >= 11 is 9.40. The molecule has 0 spiro atoms. The Bertz CT molecular complexity index is 577. The van der Waals surface area contributed by atoms with Crippen LogP contribution in [-0.4, -0.2) is 0 Å². The minimum atomic E-state index is -0.436. The van der Waals surface area contributed by atoms with E-state index in [0.717, 1.165) is 10.0 Å². The van der Waals surface area contributed by atoms with Crippen LogP contribution >= 0.6 is 27.5 Å². The van der Waals surface area contributed by atoms with Crippen molar-refractivity contribution >= 4 is 27.5 Å². The summed E-state index contributed by atoms with van der Waals surface area (Å²) in [6, 6.07) is 12.4. The van der Waals surface area contributed by atoms with Crippen molar-refractivity contribution in [3.63, 3.8) is 0 Å². The van der Waals surface area contributed by atoms with E-state index in [1.807, 2.05) is 24.3 Å². The van der Waals surface area contributed by atoms with Crippen LogP contribution in [0.3, 0.4) is 0 Å². The van der Waals surface area contributed by atoms with Gasteiger partial charge in [-0.1, -0.05) is 51.8 Å². The van der Waals surface area contributed by atoms with Gasteiger partial charge in [0.2, 0.25) is 0 Å². The number of rotatable bonds is 4. The van der Waals surface area contributed by atoms with Crippen molar-refractivity contribution in [2.75, 3.05) is 0 Å². The van der Waals surface area contributed by atoms with Crippen molar-refractivity contribution < 1.29 is 4.39 Å². The molecule has 0 amide bonds. The first-order valence-electron chi connectivity index (χ1n) is 5.76. The third-order valence-corrected chi connectivity index (χ3v) is 3.78. The van der Waals surface area contributed by atoms with Crippen LogP contribution in [0.4, 0.5) is 4.39 Å². The third kappa shape index (κ3) is 3.54. The monoisotopic (exact) mass is 342 g/mol. The fourth-order valence-corrected chi connectivity index (χ4v) is 2.65. The normalized spacial score (nSPS) is 12.4. The smallest absolute Gasteiger partial charge is 0.142 e. The second-order valence-electron chi connectivity index (χ2n) is 4.20. The first kappa shape index (κ1) is 14.5. The molecule has 0 saturated carbocycles. The van der Waals surface area contributed by atoms with Crippen LogP contribution in [0, 0.1) is 5.82 Å². The molecule has 3 N–H and O–H groups in total. The van der Waals surface area contributed by atoms with E-state index < -0.39 is 5.82 Å². The van der Waals surface area contributed by atoms with Crippen LogP contribution in [0.2, 0.25) is 5.02 Å². The van der Waals surface area contributed by atoms with Gasteiger partial charge in [0.15, 0.2) is 0 Å². The predicted octanol–water partition coefficient (Wildman–Crippen LogP) is 3.99. The average molecular weight is 344 g/mol. The number of hydrogen-bond acceptors (Lipinski definition) is 2. The highest BCUT2D eigenvalue weighted by Gasteiger charge is 2.16. The Hall–Kier alpha value is -0.940. The van der Waals surface area contributed by atoms with Gasteiger partial charge in [-0.05, 0) is 35.7 Å². The van der Waals surface area contributed by atoms with Crippen LogP contribution in [0.25, 0.3) is 0 Å². The van der Waals surface area contributed by atoms with Gasteiger partial charge in [-0.3, -0.25) is 11.3 Å². The van der Waals surface area contributed by atoms with Crippen LogP contribution in [0.5, 0.6) is 0 Å². The minimum absolute atomic E-state index is 0.112. The molecule has 0 fully saturated rings. The largest absolute Gasteiger partial charge is 0.271 e. The summed E-state index contributed by atoms with van der Waals surface area (Å²) in [7, 11) is 0. The molecule has 2 aromatic rings. The van der Waals surface area contributed by atoms with Crippen molar-refractivity contribution in [3.8, 4) is 0 Å². The molecule has 19 heavy (non-hydrogen) atoms. The molecule has 0 heterocycles. The molecule has 0 saturated heterocycles. The van der Waals surface area contributed by atoms with Crippen molar-refractivity contribution in [2.24, 2.45) is 5.84 Å². The summed E-state index contributed by atoms with van der Waals surface area (Å²) in [5.41, 5.74) is 4.43. The molecule has 100 valence electrons. The van der Waals surface area contributed by atoms with Gasteiger partial charge < -0.3 is 0 Å². The maximum absolute atomic E-state index is 13.5. The van der Waals surface area contributed by atoms with Gasteiger partial charge in [-0.2, -0.15) is 0 Å². The van der Waals surface area contributed by atoms with E-state index in [1.54, 1.807) is 12.1 Å². The number of nitrogens with one attached hydrogen (secondary N) is 1. The molecule has 0 bridgehead atoms. The van der Waals surface area contributed by atoms with Gasteiger partial charge in [0.05, 0.1) is 11.1 Å². The summed E-state index contributed by atoms with van der Waals surface area (Å²) in [6.07, 6.45) is 0.624. The molecule has 0 aromatic heterocycles. The average Bonchev–Trinajstić information content (AvgIpc) is 2.40. The number of halogens is 3. The number of hydrazine groups is 1. The molecule has 1 unspecified atom stereocenters. The lowest BCUT2D eigenvalue weighted by molar-refractivity contribution is 0.544. The lowest BCUT2D eigenvalue weighted by Gasteiger charge is -2.18. The van der Waals surface area contributed by atoms with E-state index in [4.69, 9.17) is 17.4 Å². The predicted molar refractivity (Wildman–Crippen MR) is 79.3 cm³/mol. The van der Waals surface area contributed by atoms with Gasteiger partial charge in [-0.15, -0.1) is 0 Å². The zero-order valence-electron chi connectivity index (χ0n) is 10.0. The lowest BCUT2D eigenvalue weighted by atomic mass is 9.99. The first-order valence-corrected chi connectivity index (χ1v) is 6.93. The maximum atomic E-state index is 13.5. The van der Waals surface area contributed by atoms with Crippen molar-refractivity contribution in [2.45, 2.75) is 12.5 Å². The van der Waals surface area contributed by atoms with Crippen LogP contribution in [0.15, 0.2) is 46.9 Å². The van der Waals surface area contributed by atoms with E-state index in [2.05, 4.69) is 21.4 Å². The lowest BCUT2D eigenvalue weighted by Crippen LogP contribution is -2.30. The Morgan fingerprint density at radius 2 is 2.00 bits per heavy atom. The molecule has 0 aliphatic heterocycles. The zero-order valence-corrected chi connectivity index (χ0v) is 12.4. The Morgan fingerprint density at radius 1 is 1.26 bits per heavy atom. The highest BCUT2D eigenvalue weighted by molar-refractivity contribution is 9.10. The van der Waals surface area contributed by atoms with E-state index in [-0.39, 0.29) is 11.1 Å². The van der Waals surface area contributed by atoms with E-state index in [9.17, 15) is 4.39 Å². The molecule has 0 aliphatic carbocycles. The summed E-state index contributed by atoms with van der Waals surface area (Å²) in [6.45, 7) is 0. The molecular weight excluding hydrogens is 331 g/mol. The molecular formula is C14H13BrClFN2. The van der Waals surface area contributed by atoms with E-state index >= 15 is 0 Å². The fourth-order valence-electron chi connectivity index (χ4n) is 1.95. The summed E-state index contributed by atoms with van der Waals surface area (Å²) in [4.78, 5) is 0. The Morgan fingerprint density at radius 3 is 2.68 bits per heavy atom. The van der Waals surface area contributed by atoms with Gasteiger partial charge in [0.1, 0.15) is 5.82 Å². The van der Waals surface area contributed by atoms with E-state index in [0.29, 0.717) is 12.0 Å². The third-order valence-electron chi connectivity index (χ3n) is 2.89. The maximum Gasteiger partial charge on any atom is 0.142 e. The Balaban J connectivity index is 2.28. The van der Waals surface area contributed by atoms with Crippen LogP contribution in [0.1, 0.15) is 17.2 Å². The van der Waals surface area contributed by atoms with Crippen molar-refractivity contribution in [1.82, 2.24) is 5.43 Å². The molecule has 5 heteroatoms. The number of benzene rings is 2. The molecule has 2 nitrogen and oxygen atoms in total. The quantitative estimate of drug-likeness (QED) is 0.651. The first-order chi connectivity index (χ1) is 9.11. The van der Waals surface area contributed by atoms with Crippen LogP contribution < -0.4 is 11.3 Å². The van der Waals surface area contributed by atoms with Crippen LogP contribution in [-0.2, 0) is 6.42 Å². The summed E-state index contributed by atoms with van der Waals surface area (Å²) in [5, 5.41) is 0.112. The molecule has 2 aromatic carbocycles. The minimum Gasteiger partial charge on any atom is -0.271 e. The van der Waals surface area contributed by atoms with Gasteiger partial charge in [0.25, 0.3) is 0 Å². The number of nitrogens with two attached hydrogens (primary N) is 1. The second-order valence-corrected chi connectivity index (χ2v) is 5.49. The SMILES string of the molecule is NNC(Cc1cccc(Br)c1)c1cccc(F)c1Cl. The van der Waals surface area contributed by atoms with Gasteiger partial charge >= 0.3 is 0 Å². The second kappa shape index (κ2) is 6.48. The standard InChI is InChI=1S/C14H13BrClFN2/c15-10-4-1-3-9(7-10)8-13(19-18)11-5-2-6-12(17)14(11)16/h1-7,13,19H,8,18H2. The van der Waals surface area contributed by atoms with Gasteiger partial charge in [0, 0.05) is 4.47 Å². The summed E-state index contributed by atoms with van der Waals surface area (Å²) in [5.74, 6) is 5.13. The fraction of sp³-hybridized carbons (Fsp3) is 0.143. The molecule has 0 aliphatic rings. The van der Waals surface area contributed by atoms with Crippen molar-refractivity contribution in [3.05, 3.63) is 68.9 Å². The summed E-state index contributed by atoms with van der Waals surface area (Å²) < 4.78 is 14.5. The topological polar surface area (TPSA) is 38.0 Å². The Kier molecular flexibility index (Phi) is 4.93. The molecule has 1 atom stereocenters. The van der Waals surface area contributed by atoms with Gasteiger partial charge in [-0.25, -0.2) is 4.39 Å². The number of hydrogen-bond donors (Lipinski definition) is 2. The zero-order chi connectivity index (χ0) is 13.8. The molecule has 2 rings (SSSR count). The highest BCUT2D eigenvalue weighted by Crippen LogP contribution is 2.28.